The molecule has 0 saturated carbocycles. The number of thiophene rings is 1. The number of carbonyl (C=O) groups is 3. The van der Waals surface area contributed by atoms with Gasteiger partial charge in [0, 0.05) is 18.7 Å². The fraction of sp³-hybridized carbons (Fsp3) is 0.407. The van der Waals surface area contributed by atoms with E-state index in [4.69, 9.17) is 10.7 Å². The second kappa shape index (κ2) is 10.6. The monoisotopic (exact) mass is 543 g/mol. The van der Waals surface area contributed by atoms with Gasteiger partial charge in [-0.25, -0.2) is 13.8 Å². The van der Waals surface area contributed by atoms with Gasteiger partial charge < -0.3 is 15.2 Å². The number of nitrogens with zero attached hydrogens (tertiary/aromatic N) is 3. The summed E-state index contributed by atoms with van der Waals surface area (Å²) in [7, 11) is 0. The van der Waals surface area contributed by atoms with Gasteiger partial charge in [0.1, 0.15) is 0 Å². The highest BCUT2D eigenvalue weighted by Gasteiger charge is 2.30. The van der Waals surface area contributed by atoms with E-state index in [1.54, 1.807) is 17.0 Å². The summed E-state index contributed by atoms with van der Waals surface area (Å²) in [6, 6.07) is 5.81. The van der Waals surface area contributed by atoms with Crippen molar-refractivity contribution in [3.63, 3.8) is 0 Å². The molecule has 0 spiro atoms. The summed E-state index contributed by atoms with van der Waals surface area (Å²) in [6.07, 6.45) is 0.689. The van der Waals surface area contributed by atoms with E-state index >= 15 is 0 Å². The Balaban J connectivity index is 1.83. The van der Waals surface area contributed by atoms with Crippen LogP contribution in [0, 0.1) is 5.41 Å². The third-order valence-electron chi connectivity index (χ3n) is 6.52. The number of hydrogen-bond donors (Lipinski definition) is 2. The molecule has 1 saturated heterocycles. The molecule has 202 valence electrons. The lowest BCUT2D eigenvalue weighted by molar-refractivity contribution is -0.126. The highest BCUT2D eigenvalue weighted by Crippen LogP contribution is 2.33. The average molecular weight is 544 g/mol. The van der Waals surface area contributed by atoms with Crippen molar-refractivity contribution in [2.75, 3.05) is 11.9 Å². The number of nitrogens with one attached hydrogen (secondary N) is 1. The van der Waals surface area contributed by atoms with Crippen molar-refractivity contribution >= 4 is 46.0 Å². The predicted octanol–water partition coefficient (Wildman–Crippen LogP) is 5.15. The maximum absolute atomic E-state index is 13.1. The first kappa shape index (κ1) is 27.4. The van der Waals surface area contributed by atoms with Crippen molar-refractivity contribution in [3.05, 3.63) is 57.8 Å². The lowest BCUT2D eigenvalue weighted by atomic mass is 9.85. The van der Waals surface area contributed by atoms with E-state index in [-0.39, 0.29) is 33.1 Å². The zero-order chi connectivity index (χ0) is 27.8. The number of anilines is 1. The Morgan fingerprint density at radius 3 is 2.61 bits per heavy atom. The Hall–Kier alpha value is -3.60. The van der Waals surface area contributed by atoms with Crippen LogP contribution in [0.25, 0.3) is 11.0 Å². The number of likely N-dealkylation sites (tertiary alicyclic amines) is 1. The number of rotatable bonds is 8. The lowest BCUT2D eigenvalue weighted by Crippen LogP contribution is -2.37. The van der Waals surface area contributed by atoms with Gasteiger partial charge >= 0.3 is 0 Å². The highest BCUT2D eigenvalue weighted by molar-refractivity contribution is 7.14. The molecule has 1 fully saturated rings. The van der Waals surface area contributed by atoms with Crippen LogP contribution in [-0.2, 0) is 17.8 Å². The van der Waals surface area contributed by atoms with E-state index in [1.165, 1.54) is 18.2 Å². The average Bonchev–Trinajstić information content (AvgIpc) is 3.57. The Kier molecular flexibility index (Phi) is 7.68. The van der Waals surface area contributed by atoms with Crippen molar-refractivity contribution < 1.29 is 23.2 Å². The molecular formula is C27H31F2N5O3S. The minimum Gasteiger partial charge on any atom is -0.366 e. The molecule has 0 unspecified atom stereocenters. The fourth-order valence-electron chi connectivity index (χ4n) is 4.87. The summed E-state index contributed by atoms with van der Waals surface area (Å²) in [5.41, 5.74) is 7.69. The first-order valence-electron chi connectivity index (χ1n) is 12.3. The normalized spacial score (nSPS) is 15.8. The number of imidazole rings is 1. The Morgan fingerprint density at radius 1 is 1.26 bits per heavy atom. The van der Waals surface area contributed by atoms with Gasteiger partial charge in [-0.2, -0.15) is 0 Å². The summed E-state index contributed by atoms with van der Waals surface area (Å²) in [5.74, 6) is -1.13. The Morgan fingerprint density at radius 2 is 2.00 bits per heavy atom. The lowest BCUT2D eigenvalue weighted by Gasteiger charge is -2.25. The van der Waals surface area contributed by atoms with E-state index in [1.807, 2.05) is 25.3 Å². The Bertz CT molecular complexity index is 1410. The molecule has 3 amide bonds. The SMILES string of the molecule is C=CC(=O)N1CCC[C@@H]1Cn1c(NC(=O)c2ccc(C(F)F)s2)nc2c(CC(C)(C)C)c(C(N)=O)ccc21. The summed E-state index contributed by atoms with van der Waals surface area (Å²) < 4.78 is 28.0. The number of amides is 3. The number of carbonyl (C=O) groups excluding carboxylic acids is 3. The molecule has 8 nitrogen and oxygen atoms in total. The van der Waals surface area contributed by atoms with Crippen molar-refractivity contribution in [1.82, 2.24) is 14.5 Å². The van der Waals surface area contributed by atoms with E-state index in [2.05, 4.69) is 11.9 Å². The van der Waals surface area contributed by atoms with E-state index in [0.717, 1.165) is 12.8 Å². The Labute approximate surface area is 223 Å². The number of fused-ring (bicyclic) bond motifs is 1. The van der Waals surface area contributed by atoms with Crippen LogP contribution in [0.4, 0.5) is 14.7 Å². The molecule has 1 aliphatic rings. The van der Waals surface area contributed by atoms with Crippen LogP contribution >= 0.6 is 11.3 Å². The maximum Gasteiger partial charge on any atom is 0.272 e. The number of nitrogens with two attached hydrogens (primary N) is 1. The summed E-state index contributed by atoms with van der Waals surface area (Å²) >= 11 is 0.714. The van der Waals surface area contributed by atoms with Crippen LogP contribution in [0.3, 0.4) is 0 Å². The van der Waals surface area contributed by atoms with E-state index in [9.17, 15) is 23.2 Å². The van der Waals surface area contributed by atoms with Gasteiger partial charge in [-0.1, -0.05) is 27.4 Å². The molecule has 2 aromatic heterocycles. The standard InChI is InChI=1S/C27H31F2N5O3S/c1-5-21(35)33-12-6-7-15(33)14-34-18-9-8-16(24(30)36)17(13-27(2,3)4)22(18)31-26(34)32-25(37)20-11-10-19(38-20)23(28)29/h5,8-11,15,23H,1,6-7,12-14H2,2-4H3,(H2,30,36)(H,31,32,37)/t15-/m1/s1. The zero-order valence-corrected chi connectivity index (χ0v) is 22.4. The molecule has 1 atom stereocenters. The second-order valence-corrected chi connectivity index (χ2v) is 11.7. The van der Waals surface area contributed by atoms with Gasteiger partial charge in [0.05, 0.1) is 26.8 Å². The third kappa shape index (κ3) is 5.62. The summed E-state index contributed by atoms with van der Waals surface area (Å²) in [5, 5.41) is 2.78. The molecule has 0 aliphatic carbocycles. The maximum atomic E-state index is 13.1. The smallest absolute Gasteiger partial charge is 0.272 e. The van der Waals surface area contributed by atoms with Gasteiger partial charge in [0.2, 0.25) is 17.8 Å². The van der Waals surface area contributed by atoms with Gasteiger partial charge in [-0.3, -0.25) is 19.7 Å². The molecule has 0 bridgehead atoms. The third-order valence-corrected chi connectivity index (χ3v) is 7.61. The molecule has 0 radical (unpaired) electrons. The van der Waals surface area contributed by atoms with Crippen molar-refractivity contribution in [2.24, 2.45) is 11.1 Å². The number of benzene rings is 1. The van der Waals surface area contributed by atoms with Crippen LogP contribution in [0.2, 0.25) is 0 Å². The molecular weight excluding hydrogens is 512 g/mol. The number of primary amides is 1. The van der Waals surface area contributed by atoms with Gasteiger partial charge in [-0.15, -0.1) is 11.3 Å². The quantitative estimate of drug-likeness (QED) is 0.383. The molecule has 11 heteroatoms. The molecule has 3 N–H and O–H groups in total. The molecule has 3 aromatic rings. The molecule has 1 aliphatic heterocycles. The number of alkyl halides is 2. The molecule has 3 heterocycles. The summed E-state index contributed by atoms with van der Waals surface area (Å²) in [4.78, 5) is 44.2. The summed E-state index contributed by atoms with van der Waals surface area (Å²) in [6.45, 7) is 10.6. The number of aromatic nitrogens is 2. The van der Waals surface area contributed by atoms with E-state index < -0.39 is 18.2 Å². The van der Waals surface area contributed by atoms with E-state index in [0.29, 0.717) is 53.0 Å². The zero-order valence-electron chi connectivity index (χ0n) is 21.6. The topological polar surface area (TPSA) is 110 Å². The molecule has 1 aromatic carbocycles. The van der Waals surface area contributed by atoms with Crippen LogP contribution < -0.4 is 11.1 Å². The van der Waals surface area contributed by atoms with Crippen molar-refractivity contribution in [1.29, 1.82) is 0 Å². The predicted molar refractivity (Wildman–Crippen MR) is 144 cm³/mol. The van der Waals surface area contributed by atoms with Crippen LogP contribution in [-0.4, -0.2) is 44.8 Å². The van der Waals surface area contributed by atoms with Crippen LogP contribution in [0.1, 0.15) is 70.5 Å². The van der Waals surface area contributed by atoms with Gasteiger partial charge in [0.15, 0.2) is 0 Å². The van der Waals surface area contributed by atoms with Crippen molar-refractivity contribution in [3.8, 4) is 0 Å². The minimum absolute atomic E-state index is 0.121. The van der Waals surface area contributed by atoms with Crippen molar-refractivity contribution in [2.45, 2.75) is 59.0 Å². The van der Waals surface area contributed by atoms with Crippen LogP contribution in [0.5, 0.6) is 0 Å². The first-order chi connectivity index (χ1) is 17.9. The van der Waals surface area contributed by atoms with Crippen LogP contribution in [0.15, 0.2) is 36.9 Å². The largest absolute Gasteiger partial charge is 0.366 e. The fourth-order valence-corrected chi connectivity index (χ4v) is 5.63. The number of hydrogen-bond acceptors (Lipinski definition) is 5. The number of halogens is 2. The second-order valence-electron chi connectivity index (χ2n) is 10.6. The van der Waals surface area contributed by atoms with Gasteiger partial charge in [-0.05, 0) is 60.6 Å². The minimum atomic E-state index is -2.67. The highest BCUT2D eigenvalue weighted by atomic mass is 32.1. The molecule has 4 rings (SSSR count). The van der Waals surface area contributed by atoms with Gasteiger partial charge in [0.25, 0.3) is 12.3 Å². The first-order valence-corrected chi connectivity index (χ1v) is 13.2. The molecule has 38 heavy (non-hydrogen) atoms.